The topological polar surface area (TPSA) is 66.2 Å². The zero-order valence-electron chi connectivity index (χ0n) is 12.1. The maximum atomic E-state index is 11.9. The van der Waals surface area contributed by atoms with E-state index in [4.69, 9.17) is 9.47 Å². The van der Waals surface area contributed by atoms with Gasteiger partial charge in [0.1, 0.15) is 17.5 Å². The van der Waals surface area contributed by atoms with E-state index in [-0.39, 0.29) is 11.9 Å². The van der Waals surface area contributed by atoms with Crippen LogP contribution in [0.1, 0.15) is 24.6 Å². The summed E-state index contributed by atoms with van der Waals surface area (Å²) in [7, 11) is 3.02. The van der Waals surface area contributed by atoms with Crippen LogP contribution in [0.4, 0.5) is 0 Å². The Kier molecular flexibility index (Phi) is 3.60. The minimum absolute atomic E-state index is 0.255. The van der Waals surface area contributed by atoms with Crippen molar-refractivity contribution in [1.29, 1.82) is 0 Å². The fraction of sp³-hybridized carbons (Fsp3) is 0.400. The summed E-state index contributed by atoms with van der Waals surface area (Å²) >= 11 is 0. The third-order valence-electron chi connectivity index (χ3n) is 3.71. The average Bonchev–Trinajstić information content (AvgIpc) is 2.97. The Bertz CT molecular complexity index is 666. The number of carbonyl (C=O) groups excluding carboxylic acids is 1. The molecule has 2 heterocycles. The van der Waals surface area contributed by atoms with Crippen LogP contribution in [0.5, 0.6) is 5.75 Å². The number of rotatable bonds is 3. The van der Waals surface area contributed by atoms with Crippen LogP contribution in [0.25, 0.3) is 11.4 Å². The number of carbonyl (C=O) groups is 1. The molecule has 0 N–H and O–H groups in total. The molecule has 1 aromatic carbocycles. The molecule has 6 nitrogen and oxygen atoms in total. The zero-order valence-corrected chi connectivity index (χ0v) is 12.1. The molecule has 0 amide bonds. The molecule has 21 heavy (non-hydrogen) atoms. The number of benzene rings is 1. The quantitative estimate of drug-likeness (QED) is 0.808. The maximum absolute atomic E-state index is 11.9. The predicted octanol–water partition coefficient (Wildman–Crippen LogP) is 2.00. The van der Waals surface area contributed by atoms with Gasteiger partial charge in [-0.3, -0.25) is 4.79 Å². The monoisotopic (exact) mass is 287 g/mol. The Morgan fingerprint density at radius 2 is 2.14 bits per heavy atom. The fourth-order valence-corrected chi connectivity index (χ4v) is 2.66. The first-order chi connectivity index (χ1) is 10.2. The SMILES string of the molecule is COC(=O)C1CCCn2nc(-c3ccccc3OC)nc21. The van der Waals surface area contributed by atoms with Gasteiger partial charge in [-0.05, 0) is 25.0 Å². The first kappa shape index (κ1) is 13.6. The molecular formula is C15H17N3O3. The first-order valence-corrected chi connectivity index (χ1v) is 6.90. The van der Waals surface area contributed by atoms with Crippen molar-refractivity contribution in [3.8, 4) is 17.1 Å². The van der Waals surface area contributed by atoms with Gasteiger partial charge in [0.25, 0.3) is 0 Å². The van der Waals surface area contributed by atoms with Crippen LogP contribution < -0.4 is 4.74 Å². The predicted molar refractivity (Wildman–Crippen MR) is 76.0 cm³/mol. The normalized spacial score (nSPS) is 17.1. The molecule has 3 rings (SSSR count). The lowest BCUT2D eigenvalue weighted by molar-refractivity contribution is -0.143. The molecule has 110 valence electrons. The Balaban J connectivity index is 2.04. The molecule has 1 unspecified atom stereocenters. The summed E-state index contributed by atoms with van der Waals surface area (Å²) in [6.07, 6.45) is 1.64. The lowest BCUT2D eigenvalue weighted by Gasteiger charge is -2.19. The highest BCUT2D eigenvalue weighted by atomic mass is 16.5. The summed E-state index contributed by atoms with van der Waals surface area (Å²) in [5.41, 5.74) is 0.825. The van der Waals surface area contributed by atoms with Gasteiger partial charge < -0.3 is 9.47 Å². The minimum Gasteiger partial charge on any atom is -0.496 e. The van der Waals surface area contributed by atoms with E-state index in [1.807, 2.05) is 24.3 Å². The van der Waals surface area contributed by atoms with Crippen LogP contribution in [0.2, 0.25) is 0 Å². The number of esters is 1. The van der Waals surface area contributed by atoms with Gasteiger partial charge in [0.2, 0.25) is 0 Å². The van der Waals surface area contributed by atoms with Crippen molar-refractivity contribution in [2.45, 2.75) is 25.3 Å². The van der Waals surface area contributed by atoms with Gasteiger partial charge in [0, 0.05) is 6.54 Å². The molecule has 0 saturated heterocycles. The van der Waals surface area contributed by atoms with Gasteiger partial charge >= 0.3 is 5.97 Å². The Morgan fingerprint density at radius 1 is 1.33 bits per heavy atom. The molecule has 1 atom stereocenters. The lowest BCUT2D eigenvalue weighted by atomic mass is 9.99. The highest BCUT2D eigenvalue weighted by Gasteiger charge is 2.31. The molecular weight excluding hydrogens is 270 g/mol. The Labute approximate surface area is 122 Å². The van der Waals surface area contributed by atoms with Crippen LogP contribution in [0.3, 0.4) is 0 Å². The Morgan fingerprint density at radius 3 is 2.90 bits per heavy atom. The number of aryl methyl sites for hydroxylation is 1. The third kappa shape index (κ3) is 2.37. The van der Waals surface area contributed by atoms with E-state index < -0.39 is 0 Å². The van der Waals surface area contributed by atoms with Gasteiger partial charge in [-0.1, -0.05) is 12.1 Å². The summed E-state index contributed by atoms with van der Waals surface area (Å²) in [6, 6.07) is 7.59. The van der Waals surface area contributed by atoms with Crippen molar-refractivity contribution < 1.29 is 14.3 Å². The van der Waals surface area contributed by atoms with Crippen LogP contribution in [0.15, 0.2) is 24.3 Å². The molecule has 2 aromatic rings. The van der Waals surface area contributed by atoms with Gasteiger partial charge in [-0.25, -0.2) is 9.67 Å². The second-order valence-electron chi connectivity index (χ2n) is 4.94. The summed E-state index contributed by atoms with van der Waals surface area (Å²) in [5, 5.41) is 4.51. The number of nitrogens with zero attached hydrogens (tertiary/aromatic N) is 3. The molecule has 1 aromatic heterocycles. The van der Waals surface area contributed by atoms with Crippen molar-refractivity contribution >= 4 is 5.97 Å². The second kappa shape index (κ2) is 5.55. The number of para-hydroxylation sites is 1. The van der Waals surface area contributed by atoms with Gasteiger partial charge in [-0.15, -0.1) is 0 Å². The molecule has 0 radical (unpaired) electrons. The molecule has 0 aliphatic carbocycles. The molecule has 1 aliphatic heterocycles. The van der Waals surface area contributed by atoms with Crippen molar-refractivity contribution in [3.05, 3.63) is 30.1 Å². The summed E-state index contributed by atoms with van der Waals surface area (Å²) in [5.74, 6) is 1.39. The van der Waals surface area contributed by atoms with Crippen molar-refractivity contribution in [1.82, 2.24) is 14.8 Å². The number of methoxy groups -OCH3 is 2. The minimum atomic E-state index is -0.334. The van der Waals surface area contributed by atoms with E-state index in [1.54, 1.807) is 11.8 Å². The van der Waals surface area contributed by atoms with Crippen molar-refractivity contribution in [2.24, 2.45) is 0 Å². The van der Waals surface area contributed by atoms with Gasteiger partial charge in [-0.2, -0.15) is 5.10 Å². The average molecular weight is 287 g/mol. The summed E-state index contributed by atoms with van der Waals surface area (Å²) in [6.45, 7) is 0.769. The smallest absolute Gasteiger partial charge is 0.316 e. The zero-order chi connectivity index (χ0) is 14.8. The first-order valence-electron chi connectivity index (χ1n) is 6.90. The van der Waals surface area contributed by atoms with E-state index in [1.165, 1.54) is 7.11 Å². The van der Waals surface area contributed by atoms with Crippen LogP contribution >= 0.6 is 0 Å². The van der Waals surface area contributed by atoms with E-state index in [0.29, 0.717) is 11.6 Å². The highest BCUT2D eigenvalue weighted by molar-refractivity contribution is 5.77. The van der Waals surface area contributed by atoms with E-state index in [2.05, 4.69) is 10.1 Å². The third-order valence-corrected chi connectivity index (χ3v) is 3.71. The summed E-state index contributed by atoms with van der Waals surface area (Å²) in [4.78, 5) is 16.4. The maximum Gasteiger partial charge on any atom is 0.316 e. The van der Waals surface area contributed by atoms with E-state index >= 15 is 0 Å². The molecule has 0 bridgehead atoms. The Hall–Kier alpha value is -2.37. The lowest BCUT2D eigenvalue weighted by Crippen LogP contribution is -2.24. The molecule has 1 aliphatic rings. The number of hydrogen-bond donors (Lipinski definition) is 0. The van der Waals surface area contributed by atoms with E-state index in [0.717, 1.165) is 30.7 Å². The van der Waals surface area contributed by atoms with Crippen LogP contribution in [-0.4, -0.2) is 35.0 Å². The number of aromatic nitrogens is 3. The molecule has 0 fully saturated rings. The van der Waals surface area contributed by atoms with Crippen molar-refractivity contribution in [3.63, 3.8) is 0 Å². The number of hydrogen-bond acceptors (Lipinski definition) is 5. The second-order valence-corrected chi connectivity index (χ2v) is 4.94. The number of ether oxygens (including phenoxy) is 2. The molecule has 6 heteroatoms. The highest BCUT2D eigenvalue weighted by Crippen LogP contribution is 2.32. The molecule has 0 spiro atoms. The number of fused-ring (bicyclic) bond motifs is 1. The van der Waals surface area contributed by atoms with Crippen molar-refractivity contribution in [2.75, 3.05) is 14.2 Å². The van der Waals surface area contributed by atoms with Gasteiger partial charge in [0.05, 0.1) is 19.8 Å². The summed E-state index contributed by atoms with van der Waals surface area (Å²) < 4.78 is 12.0. The van der Waals surface area contributed by atoms with E-state index in [9.17, 15) is 4.79 Å². The molecule has 0 saturated carbocycles. The standard InChI is InChI=1S/C15H17N3O3/c1-20-12-8-4-3-6-10(12)13-16-14-11(15(19)21-2)7-5-9-18(14)17-13/h3-4,6,8,11H,5,7,9H2,1-2H3. The van der Waals surface area contributed by atoms with Gasteiger partial charge in [0.15, 0.2) is 5.82 Å². The fourth-order valence-electron chi connectivity index (χ4n) is 2.66. The van der Waals surface area contributed by atoms with Crippen LogP contribution in [-0.2, 0) is 16.1 Å². The largest absolute Gasteiger partial charge is 0.496 e. The van der Waals surface area contributed by atoms with Crippen LogP contribution in [0, 0.1) is 0 Å².